The van der Waals surface area contributed by atoms with E-state index in [0.29, 0.717) is 24.2 Å². The Hall–Kier alpha value is -1.88. The van der Waals surface area contributed by atoms with Crippen LogP contribution in [-0.4, -0.2) is 50.0 Å². The van der Waals surface area contributed by atoms with Crippen molar-refractivity contribution >= 4 is 11.9 Å². The lowest BCUT2D eigenvalue weighted by atomic mass is 9.79. The molecule has 5 heteroatoms. The number of benzene rings is 1. The number of nitrogens with zero attached hydrogens (tertiary/aromatic N) is 1. The van der Waals surface area contributed by atoms with Crippen LogP contribution >= 0.6 is 0 Å². The van der Waals surface area contributed by atoms with Gasteiger partial charge in [-0.3, -0.25) is 4.79 Å². The van der Waals surface area contributed by atoms with Crippen molar-refractivity contribution in [2.45, 2.75) is 0 Å². The number of quaternary nitrogens is 1. The lowest BCUT2D eigenvalue weighted by Gasteiger charge is -2.34. The number of nitrogens with one attached hydrogen (secondary N) is 1. The number of hydrogen-bond acceptors (Lipinski definition) is 3. The van der Waals surface area contributed by atoms with Gasteiger partial charge in [0.2, 0.25) is 0 Å². The van der Waals surface area contributed by atoms with Gasteiger partial charge < -0.3 is 19.7 Å². The fraction of sp³-hybridized carbons (Fsp3) is 0.385. The maximum atomic E-state index is 12.3. The zero-order valence-electron chi connectivity index (χ0n) is 10.2. The molecule has 1 amide bonds. The fourth-order valence-corrected chi connectivity index (χ4v) is 2.58. The van der Waals surface area contributed by atoms with Crippen LogP contribution in [0.15, 0.2) is 12.1 Å². The molecule has 0 aromatic heterocycles. The first-order chi connectivity index (χ1) is 8.59. The molecule has 2 aliphatic carbocycles. The van der Waals surface area contributed by atoms with E-state index < -0.39 is 5.97 Å². The average molecular weight is 246 g/mol. The highest BCUT2D eigenvalue weighted by Crippen LogP contribution is 2.42. The van der Waals surface area contributed by atoms with Crippen molar-refractivity contribution in [2.75, 3.05) is 33.2 Å². The van der Waals surface area contributed by atoms with Crippen molar-refractivity contribution in [1.29, 1.82) is 0 Å². The summed E-state index contributed by atoms with van der Waals surface area (Å²) in [6, 6.07) is 3.50. The Morgan fingerprint density at radius 2 is 1.72 bits per heavy atom. The predicted molar refractivity (Wildman–Crippen MR) is 62.3 cm³/mol. The van der Waals surface area contributed by atoms with Crippen LogP contribution in [0.3, 0.4) is 0 Å². The molecule has 0 unspecified atom stereocenters. The van der Waals surface area contributed by atoms with Crippen molar-refractivity contribution < 1.29 is 19.6 Å². The number of carbonyl (C=O) groups is 2. The lowest BCUT2D eigenvalue weighted by molar-refractivity contribution is -0.883. The van der Waals surface area contributed by atoms with Crippen LogP contribution in [0, 0.1) is 0 Å². The number of carbonyl (C=O) groups excluding carboxylic acids is 2. The van der Waals surface area contributed by atoms with Crippen molar-refractivity contribution in [3.8, 4) is 11.1 Å². The Morgan fingerprint density at radius 1 is 1.17 bits per heavy atom. The Morgan fingerprint density at radius 3 is 2.22 bits per heavy atom. The van der Waals surface area contributed by atoms with E-state index >= 15 is 0 Å². The minimum Gasteiger partial charge on any atom is -0.545 e. The molecule has 0 bridgehead atoms. The molecule has 0 atom stereocenters. The van der Waals surface area contributed by atoms with Gasteiger partial charge in [0.1, 0.15) is 0 Å². The van der Waals surface area contributed by atoms with Gasteiger partial charge >= 0.3 is 0 Å². The SMILES string of the molecule is C[NH+]1CCN(C(=O)c2c3ccc-3c2C(=O)[O-])CC1. The highest BCUT2D eigenvalue weighted by atomic mass is 16.4. The van der Waals surface area contributed by atoms with Gasteiger partial charge in [0.15, 0.2) is 0 Å². The van der Waals surface area contributed by atoms with E-state index in [-0.39, 0.29) is 11.5 Å². The number of likely N-dealkylation sites (N-methyl/N-ethyl adjacent to an activating group) is 1. The molecule has 1 aliphatic heterocycles. The van der Waals surface area contributed by atoms with Gasteiger partial charge in [-0.1, -0.05) is 12.1 Å². The van der Waals surface area contributed by atoms with Crippen LogP contribution in [0.2, 0.25) is 0 Å². The highest BCUT2D eigenvalue weighted by Gasteiger charge is 2.34. The van der Waals surface area contributed by atoms with E-state index in [9.17, 15) is 14.7 Å². The summed E-state index contributed by atoms with van der Waals surface area (Å²) in [7, 11) is 2.09. The van der Waals surface area contributed by atoms with E-state index in [1.165, 1.54) is 4.90 Å². The normalized spacial score (nSPS) is 17.7. The molecule has 0 saturated carbocycles. The topological polar surface area (TPSA) is 64.9 Å². The van der Waals surface area contributed by atoms with Crippen molar-refractivity contribution in [3.05, 3.63) is 23.3 Å². The Balaban J connectivity index is 1.85. The Labute approximate surface area is 105 Å². The van der Waals surface area contributed by atoms with Gasteiger partial charge in [0, 0.05) is 5.56 Å². The molecule has 1 N–H and O–H groups in total. The molecule has 5 nitrogen and oxygen atoms in total. The summed E-state index contributed by atoms with van der Waals surface area (Å²) < 4.78 is 0. The minimum absolute atomic E-state index is 0.0868. The first-order valence-electron chi connectivity index (χ1n) is 6.09. The molecule has 3 aliphatic rings. The van der Waals surface area contributed by atoms with E-state index in [1.807, 2.05) is 0 Å². The molecular formula is C13H14N2O3. The van der Waals surface area contributed by atoms with Crippen LogP contribution in [0.5, 0.6) is 0 Å². The third-order valence-corrected chi connectivity index (χ3v) is 3.82. The molecule has 94 valence electrons. The highest BCUT2D eigenvalue weighted by molar-refractivity contribution is 6.19. The number of carboxylic acid groups (broad SMARTS) is 1. The molecule has 0 aromatic carbocycles. The van der Waals surface area contributed by atoms with Gasteiger partial charge in [-0.15, -0.1) is 0 Å². The van der Waals surface area contributed by atoms with Crippen LogP contribution in [0.25, 0.3) is 11.1 Å². The largest absolute Gasteiger partial charge is 0.545 e. The molecule has 0 spiro atoms. The molecule has 0 aromatic rings. The van der Waals surface area contributed by atoms with E-state index in [1.54, 1.807) is 17.0 Å². The third-order valence-electron chi connectivity index (χ3n) is 3.82. The van der Waals surface area contributed by atoms with E-state index in [4.69, 9.17) is 0 Å². The molecule has 1 saturated heterocycles. The molecule has 18 heavy (non-hydrogen) atoms. The number of hydrogen-bond donors (Lipinski definition) is 1. The summed E-state index contributed by atoms with van der Waals surface area (Å²) in [5, 5.41) is 11.0. The smallest absolute Gasteiger partial charge is 0.255 e. The maximum absolute atomic E-state index is 12.3. The quantitative estimate of drug-likeness (QED) is 0.666. The predicted octanol–water partition coefficient (Wildman–Crippen LogP) is -2.00. The molecular weight excluding hydrogens is 232 g/mol. The van der Waals surface area contributed by atoms with Crippen molar-refractivity contribution in [1.82, 2.24) is 4.90 Å². The first-order valence-corrected chi connectivity index (χ1v) is 6.09. The van der Waals surface area contributed by atoms with E-state index in [0.717, 1.165) is 18.7 Å². The zero-order valence-corrected chi connectivity index (χ0v) is 10.2. The van der Waals surface area contributed by atoms with Gasteiger partial charge in [-0.2, -0.15) is 0 Å². The fourth-order valence-electron chi connectivity index (χ4n) is 2.58. The Kier molecular flexibility index (Phi) is 2.38. The first kappa shape index (κ1) is 11.2. The number of rotatable bonds is 2. The standard InChI is InChI=1S/C13H14N2O3/c1-14-4-6-15(7-5-14)12(16)10-8-2-3-9(8)11(10)13(17)18/h2-3H,4-7H2,1H3,(H,17,18). The van der Waals surface area contributed by atoms with Gasteiger partial charge in [0.05, 0.1) is 44.8 Å². The number of amides is 1. The third kappa shape index (κ3) is 1.44. The van der Waals surface area contributed by atoms with Gasteiger partial charge in [-0.25, -0.2) is 0 Å². The second kappa shape index (κ2) is 3.81. The zero-order chi connectivity index (χ0) is 12.9. The maximum Gasteiger partial charge on any atom is 0.255 e. The second-order valence-corrected chi connectivity index (χ2v) is 4.95. The molecule has 0 radical (unpaired) electrons. The second-order valence-electron chi connectivity index (χ2n) is 4.95. The van der Waals surface area contributed by atoms with Crippen LogP contribution in [-0.2, 0) is 0 Å². The summed E-state index contributed by atoms with van der Waals surface area (Å²) in [6.45, 7) is 3.17. The molecule has 1 heterocycles. The number of aromatic carboxylic acids is 1. The summed E-state index contributed by atoms with van der Waals surface area (Å²) in [4.78, 5) is 26.4. The number of fused-ring (bicyclic) bond motifs is 1. The summed E-state index contributed by atoms with van der Waals surface area (Å²) >= 11 is 0. The van der Waals surface area contributed by atoms with Crippen molar-refractivity contribution in [3.63, 3.8) is 0 Å². The lowest BCUT2D eigenvalue weighted by Crippen LogP contribution is -3.12. The van der Waals surface area contributed by atoms with Crippen LogP contribution in [0.1, 0.15) is 20.7 Å². The van der Waals surface area contributed by atoms with Crippen LogP contribution in [0.4, 0.5) is 0 Å². The molecule has 1 fully saturated rings. The average Bonchev–Trinajstić information content (AvgIpc) is 2.31. The monoisotopic (exact) mass is 246 g/mol. The summed E-state index contributed by atoms with van der Waals surface area (Å²) in [5.74, 6) is -1.41. The van der Waals surface area contributed by atoms with Crippen LogP contribution < -0.4 is 10.0 Å². The van der Waals surface area contributed by atoms with Gasteiger partial charge in [0.25, 0.3) is 5.91 Å². The van der Waals surface area contributed by atoms with Crippen molar-refractivity contribution in [2.24, 2.45) is 0 Å². The van der Waals surface area contributed by atoms with E-state index in [2.05, 4.69) is 7.05 Å². The summed E-state index contributed by atoms with van der Waals surface area (Å²) in [5.41, 5.74) is 1.87. The summed E-state index contributed by atoms with van der Waals surface area (Å²) in [6.07, 6.45) is 0. The number of piperazine rings is 1. The van der Waals surface area contributed by atoms with Gasteiger partial charge in [-0.05, 0) is 11.1 Å². The molecule has 3 rings (SSSR count). The Bertz CT molecular complexity index is 545. The number of carboxylic acids is 1. The minimum atomic E-state index is -1.25.